The molecule has 2 rings (SSSR count). The van der Waals surface area contributed by atoms with E-state index in [1.807, 2.05) is 18.2 Å². The van der Waals surface area contributed by atoms with Crippen molar-refractivity contribution in [1.29, 1.82) is 0 Å². The number of rotatable bonds is 5. The number of aromatic carboxylic acids is 1. The first-order valence-corrected chi connectivity index (χ1v) is 5.97. The lowest BCUT2D eigenvalue weighted by atomic mass is 10.1. The minimum absolute atomic E-state index is 0.125. The van der Waals surface area contributed by atoms with Crippen LogP contribution in [0.4, 0.5) is 11.4 Å². The van der Waals surface area contributed by atoms with E-state index in [2.05, 4.69) is 5.32 Å². The van der Waals surface area contributed by atoms with Gasteiger partial charge in [0.25, 0.3) is 0 Å². The summed E-state index contributed by atoms with van der Waals surface area (Å²) in [6.07, 6.45) is 2.37. The zero-order valence-corrected chi connectivity index (χ0v) is 10.6. The quantitative estimate of drug-likeness (QED) is 0.719. The fourth-order valence-corrected chi connectivity index (χ4v) is 1.86. The SMILES string of the molecule is Cc1cc(NCCc2ccco2)cc(C(=O)O)c1N. The van der Waals surface area contributed by atoms with Gasteiger partial charge in [-0.2, -0.15) is 0 Å². The van der Waals surface area contributed by atoms with Gasteiger partial charge in [-0.1, -0.05) is 0 Å². The number of hydrogen-bond acceptors (Lipinski definition) is 4. The summed E-state index contributed by atoms with van der Waals surface area (Å²) < 4.78 is 5.22. The number of carbonyl (C=O) groups is 1. The van der Waals surface area contributed by atoms with Crippen molar-refractivity contribution >= 4 is 17.3 Å². The summed E-state index contributed by atoms with van der Waals surface area (Å²) >= 11 is 0. The van der Waals surface area contributed by atoms with E-state index in [0.29, 0.717) is 12.2 Å². The minimum atomic E-state index is -1.02. The van der Waals surface area contributed by atoms with Gasteiger partial charge in [-0.3, -0.25) is 0 Å². The lowest BCUT2D eigenvalue weighted by molar-refractivity contribution is 0.0698. The highest BCUT2D eigenvalue weighted by atomic mass is 16.4. The molecule has 0 bridgehead atoms. The third-order valence-electron chi connectivity index (χ3n) is 2.90. The summed E-state index contributed by atoms with van der Waals surface area (Å²) in [6.45, 7) is 2.45. The number of benzene rings is 1. The third kappa shape index (κ3) is 3.07. The van der Waals surface area contributed by atoms with Crippen LogP contribution in [0.1, 0.15) is 21.7 Å². The van der Waals surface area contributed by atoms with Crippen molar-refractivity contribution in [3.8, 4) is 0 Å². The van der Waals surface area contributed by atoms with E-state index < -0.39 is 5.97 Å². The largest absolute Gasteiger partial charge is 0.478 e. The molecule has 1 aromatic carbocycles. The molecule has 5 heteroatoms. The number of nitrogens with one attached hydrogen (secondary N) is 1. The zero-order valence-electron chi connectivity index (χ0n) is 10.6. The smallest absolute Gasteiger partial charge is 0.337 e. The van der Waals surface area contributed by atoms with Crippen LogP contribution in [0.25, 0.3) is 0 Å². The van der Waals surface area contributed by atoms with Crippen LogP contribution in [0, 0.1) is 6.92 Å². The van der Waals surface area contributed by atoms with Crippen molar-refractivity contribution in [3.05, 3.63) is 47.4 Å². The summed E-state index contributed by atoms with van der Waals surface area (Å²) in [6, 6.07) is 7.13. The van der Waals surface area contributed by atoms with Crippen molar-refractivity contribution in [3.63, 3.8) is 0 Å². The molecule has 0 unspecified atom stereocenters. The van der Waals surface area contributed by atoms with Crippen LogP contribution in [0.2, 0.25) is 0 Å². The van der Waals surface area contributed by atoms with Crippen LogP contribution in [-0.4, -0.2) is 17.6 Å². The van der Waals surface area contributed by atoms with Gasteiger partial charge in [-0.05, 0) is 36.8 Å². The van der Waals surface area contributed by atoms with E-state index >= 15 is 0 Å². The molecule has 100 valence electrons. The van der Waals surface area contributed by atoms with E-state index in [4.69, 9.17) is 15.3 Å². The molecule has 0 radical (unpaired) electrons. The molecule has 5 nitrogen and oxygen atoms in total. The van der Waals surface area contributed by atoms with Gasteiger partial charge in [0.2, 0.25) is 0 Å². The van der Waals surface area contributed by atoms with Gasteiger partial charge >= 0.3 is 5.97 Å². The highest BCUT2D eigenvalue weighted by Crippen LogP contribution is 2.22. The Morgan fingerprint density at radius 2 is 2.26 bits per heavy atom. The lowest BCUT2D eigenvalue weighted by Gasteiger charge is -2.10. The molecule has 0 amide bonds. The molecule has 19 heavy (non-hydrogen) atoms. The Balaban J connectivity index is 2.06. The molecule has 0 fully saturated rings. The van der Waals surface area contributed by atoms with Crippen molar-refractivity contribution in [2.45, 2.75) is 13.3 Å². The Labute approximate surface area is 111 Å². The predicted molar refractivity (Wildman–Crippen MR) is 73.5 cm³/mol. The standard InChI is InChI=1S/C14H16N2O3/c1-9-7-10(8-12(13(9)15)14(17)18)16-5-4-11-3-2-6-19-11/h2-3,6-8,16H,4-5,15H2,1H3,(H,17,18). The molecule has 1 aromatic heterocycles. The van der Waals surface area contributed by atoms with E-state index in [-0.39, 0.29) is 5.56 Å². The number of nitrogen functional groups attached to an aromatic ring is 1. The van der Waals surface area contributed by atoms with Crippen LogP contribution >= 0.6 is 0 Å². The third-order valence-corrected chi connectivity index (χ3v) is 2.90. The number of nitrogens with two attached hydrogens (primary N) is 1. The Bertz CT molecular complexity index is 577. The van der Waals surface area contributed by atoms with Crippen molar-refractivity contribution in [2.75, 3.05) is 17.6 Å². The van der Waals surface area contributed by atoms with Gasteiger partial charge in [-0.25, -0.2) is 4.79 Å². The molecule has 0 aliphatic heterocycles. The average Bonchev–Trinajstić information content (AvgIpc) is 2.86. The van der Waals surface area contributed by atoms with E-state index in [1.54, 1.807) is 19.3 Å². The van der Waals surface area contributed by atoms with Crippen LogP contribution in [0.3, 0.4) is 0 Å². The van der Waals surface area contributed by atoms with Gasteiger partial charge in [0.1, 0.15) is 5.76 Å². The second-order valence-electron chi connectivity index (χ2n) is 4.32. The molecular formula is C14H16N2O3. The number of carboxylic acid groups (broad SMARTS) is 1. The summed E-state index contributed by atoms with van der Waals surface area (Å²) in [5.41, 5.74) is 7.67. The topological polar surface area (TPSA) is 88.5 Å². The maximum absolute atomic E-state index is 11.1. The molecule has 1 heterocycles. The number of furan rings is 1. The van der Waals surface area contributed by atoms with Gasteiger partial charge in [0.15, 0.2) is 0 Å². The van der Waals surface area contributed by atoms with E-state index in [0.717, 1.165) is 23.4 Å². The van der Waals surface area contributed by atoms with E-state index in [1.165, 1.54) is 0 Å². The number of hydrogen-bond donors (Lipinski definition) is 3. The highest BCUT2D eigenvalue weighted by Gasteiger charge is 2.11. The first-order chi connectivity index (χ1) is 9.08. The van der Waals surface area contributed by atoms with E-state index in [9.17, 15) is 4.79 Å². The summed E-state index contributed by atoms with van der Waals surface area (Å²) in [5, 5.41) is 12.2. The van der Waals surface area contributed by atoms with Crippen molar-refractivity contribution < 1.29 is 14.3 Å². The summed E-state index contributed by atoms with van der Waals surface area (Å²) in [5.74, 6) is -0.131. The maximum Gasteiger partial charge on any atom is 0.337 e. The second kappa shape index (κ2) is 5.48. The van der Waals surface area contributed by atoms with Crippen LogP contribution < -0.4 is 11.1 Å². The van der Waals surface area contributed by atoms with Crippen LogP contribution in [0.5, 0.6) is 0 Å². The Morgan fingerprint density at radius 1 is 1.47 bits per heavy atom. The second-order valence-corrected chi connectivity index (χ2v) is 4.32. The lowest BCUT2D eigenvalue weighted by Crippen LogP contribution is -2.09. The van der Waals surface area contributed by atoms with Crippen molar-refractivity contribution in [2.24, 2.45) is 0 Å². The van der Waals surface area contributed by atoms with Gasteiger partial charge in [0.05, 0.1) is 11.8 Å². The summed E-state index contributed by atoms with van der Waals surface area (Å²) in [4.78, 5) is 11.1. The molecule has 0 saturated carbocycles. The fourth-order valence-electron chi connectivity index (χ4n) is 1.86. The first kappa shape index (κ1) is 13.0. The molecule has 4 N–H and O–H groups in total. The Hall–Kier alpha value is -2.43. The molecule has 0 atom stereocenters. The van der Waals surface area contributed by atoms with Crippen LogP contribution in [0.15, 0.2) is 34.9 Å². The first-order valence-electron chi connectivity index (χ1n) is 5.97. The van der Waals surface area contributed by atoms with Gasteiger partial charge < -0.3 is 20.6 Å². The molecular weight excluding hydrogens is 244 g/mol. The maximum atomic E-state index is 11.1. The fraction of sp³-hybridized carbons (Fsp3) is 0.214. The van der Waals surface area contributed by atoms with Crippen LogP contribution in [-0.2, 0) is 6.42 Å². The van der Waals surface area contributed by atoms with Crippen molar-refractivity contribution in [1.82, 2.24) is 0 Å². The predicted octanol–water partition coefficient (Wildman–Crippen LogP) is 2.52. The molecule has 0 saturated heterocycles. The van der Waals surface area contributed by atoms with Gasteiger partial charge in [0, 0.05) is 24.3 Å². The zero-order chi connectivity index (χ0) is 13.8. The average molecular weight is 260 g/mol. The molecule has 2 aromatic rings. The Morgan fingerprint density at radius 3 is 2.89 bits per heavy atom. The number of carboxylic acids is 1. The molecule has 0 aliphatic carbocycles. The Kier molecular flexibility index (Phi) is 3.75. The minimum Gasteiger partial charge on any atom is -0.478 e. The highest BCUT2D eigenvalue weighted by molar-refractivity contribution is 5.95. The molecule has 0 spiro atoms. The number of anilines is 2. The summed E-state index contributed by atoms with van der Waals surface area (Å²) in [7, 11) is 0. The molecule has 0 aliphatic rings. The van der Waals surface area contributed by atoms with Gasteiger partial charge in [-0.15, -0.1) is 0 Å². The normalized spacial score (nSPS) is 10.4. The number of aryl methyl sites for hydroxylation is 1. The monoisotopic (exact) mass is 260 g/mol.